The summed E-state index contributed by atoms with van der Waals surface area (Å²) in [5.74, 6) is 4.28. The van der Waals surface area contributed by atoms with E-state index in [0.29, 0.717) is 5.15 Å². The molecule has 1 fully saturated rings. The van der Waals surface area contributed by atoms with Gasteiger partial charge in [0.15, 0.2) is 0 Å². The number of hydrogen-bond acceptors (Lipinski definition) is 4. The molecule has 0 aromatic carbocycles. The summed E-state index contributed by atoms with van der Waals surface area (Å²) in [6, 6.07) is 0. The van der Waals surface area contributed by atoms with Crippen LogP contribution in [0.3, 0.4) is 0 Å². The molecule has 0 amide bonds. The van der Waals surface area contributed by atoms with Crippen molar-refractivity contribution in [2.45, 2.75) is 32.6 Å². The fourth-order valence-electron chi connectivity index (χ4n) is 2.21. The molecule has 1 N–H and O–H groups in total. The first-order valence-electron chi connectivity index (χ1n) is 6.62. The van der Waals surface area contributed by atoms with E-state index < -0.39 is 0 Å². The summed E-state index contributed by atoms with van der Waals surface area (Å²) in [5, 5.41) is 4.06. The van der Waals surface area contributed by atoms with Gasteiger partial charge in [-0.3, -0.25) is 0 Å². The van der Waals surface area contributed by atoms with Gasteiger partial charge in [-0.25, -0.2) is 9.97 Å². The van der Waals surface area contributed by atoms with Crippen molar-refractivity contribution >= 4 is 29.2 Å². The molecule has 0 spiro atoms. The topological polar surface area (TPSA) is 37.8 Å². The van der Waals surface area contributed by atoms with Crippen molar-refractivity contribution in [3.63, 3.8) is 0 Å². The molecule has 2 rings (SSSR count). The van der Waals surface area contributed by atoms with E-state index >= 15 is 0 Å². The Morgan fingerprint density at radius 3 is 2.89 bits per heavy atom. The molecule has 0 radical (unpaired) electrons. The summed E-state index contributed by atoms with van der Waals surface area (Å²) in [4.78, 5) is 8.39. The largest absolute Gasteiger partial charge is 0.369 e. The van der Waals surface area contributed by atoms with Crippen LogP contribution in [0.5, 0.6) is 0 Å². The Morgan fingerprint density at radius 2 is 2.17 bits per heavy atom. The van der Waals surface area contributed by atoms with Crippen LogP contribution in [-0.4, -0.2) is 28.0 Å². The number of nitrogens with one attached hydrogen (secondary N) is 1. The second kappa shape index (κ2) is 7.19. The summed E-state index contributed by atoms with van der Waals surface area (Å²) < 4.78 is 0. The molecular weight excluding hydrogens is 266 g/mol. The summed E-state index contributed by atoms with van der Waals surface area (Å²) in [6.07, 6.45) is 6.14. The molecule has 18 heavy (non-hydrogen) atoms. The van der Waals surface area contributed by atoms with Crippen molar-refractivity contribution in [3.05, 3.63) is 17.0 Å². The van der Waals surface area contributed by atoms with Crippen LogP contribution in [0.1, 0.15) is 31.7 Å². The van der Waals surface area contributed by atoms with Crippen LogP contribution >= 0.6 is 23.4 Å². The Balaban J connectivity index is 1.97. The lowest BCUT2D eigenvalue weighted by atomic mass is 10.0. The Kier molecular flexibility index (Phi) is 5.57. The number of thioether (sulfide) groups is 1. The van der Waals surface area contributed by atoms with E-state index in [2.05, 4.69) is 34.0 Å². The number of halogens is 1. The smallest absolute Gasteiger partial charge is 0.137 e. The molecule has 100 valence electrons. The zero-order valence-corrected chi connectivity index (χ0v) is 12.4. The molecule has 5 heteroatoms. The average molecular weight is 286 g/mol. The second-order valence-corrected chi connectivity index (χ2v) is 6.26. The van der Waals surface area contributed by atoms with E-state index in [9.17, 15) is 0 Å². The van der Waals surface area contributed by atoms with Crippen molar-refractivity contribution in [2.24, 2.45) is 5.92 Å². The first-order chi connectivity index (χ1) is 8.81. The van der Waals surface area contributed by atoms with Gasteiger partial charge in [-0.1, -0.05) is 24.9 Å². The Hall–Kier alpha value is -0.480. The third-order valence-electron chi connectivity index (χ3n) is 3.29. The number of nitrogens with zero attached hydrogens (tertiary/aromatic N) is 2. The van der Waals surface area contributed by atoms with Gasteiger partial charge in [0.25, 0.3) is 0 Å². The van der Waals surface area contributed by atoms with Gasteiger partial charge in [0.05, 0.1) is 0 Å². The van der Waals surface area contributed by atoms with Gasteiger partial charge in [0, 0.05) is 12.1 Å². The lowest BCUT2D eigenvalue weighted by molar-refractivity contribution is 0.515. The molecule has 1 aromatic rings. The van der Waals surface area contributed by atoms with Crippen LogP contribution in [0, 0.1) is 5.92 Å². The van der Waals surface area contributed by atoms with Crippen molar-refractivity contribution in [1.29, 1.82) is 0 Å². The van der Waals surface area contributed by atoms with Crippen LogP contribution in [-0.2, 0) is 6.42 Å². The number of rotatable bonds is 5. The van der Waals surface area contributed by atoms with Gasteiger partial charge in [-0.05, 0) is 36.7 Å². The fraction of sp³-hybridized carbons (Fsp3) is 0.692. The summed E-state index contributed by atoms with van der Waals surface area (Å²) in [5.41, 5.74) is 1.06. The predicted molar refractivity (Wildman–Crippen MR) is 79.6 cm³/mol. The normalized spacial score (nSPS) is 16.8. The third-order valence-corrected chi connectivity index (χ3v) is 4.67. The summed E-state index contributed by atoms with van der Waals surface area (Å²) in [7, 11) is 0. The molecule has 0 unspecified atom stereocenters. The van der Waals surface area contributed by atoms with E-state index in [1.807, 2.05) is 0 Å². The highest BCUT2D eigenvalue weighted by atomic mass is 35.5. The molecule has 2 heterocycles. The first kappa shape index (κ1) is 13.9. The molecule has 1 saturated heterocycles. The van der Waals surface area contributed by atoms with Gasteiger partial charge in [-0.15, -0.1) is 0 Å². The van der Waals surface area contributed by atoms with E-state index in [1.165, 1.54) is 24.3 Å². The van der Waals surface area contributed by atoms with Gasteiger partial charge < -0.3 is 5.32 Å². The fourth-order valence-corrected chi connectivity index (χ4v) is 3.64. The highest BCUT2D eigenvalue weighted by Crippen LogP contribution is 2.25. The van der Waals surface area contributed by atoms with Crippen LogP contribution in [0.4, 0.5) is 5.82 Å². The molecule has 0 saturated carbocycles. The van der Waals surface area contributed by atoms with Crippen LogP contribution in [0.2, 0.25) is 5.15 Å². The van der Waals surface area contributed by atoms with E-state index in [1.54, 1.807) is 6.33 Å². The molecular formula is C13H20ClN3S. The monoisotopic (exact) mass is 285 g/mol. The van der Waals surface area contributed by atoms with E-state index in [4.69, 9.17) is 11.6 Å². The maximum absolute atomic E-state index is 6.14. The minimum atomic E-state index is 0.591. The van der Waals surface area contributed by atoms with Crippen molar-refractivity contribution in [3.8, 4) is 0 Å². The lowest BCUT2D eigenvalue weighted by Gasteiger charge is -2.22. The zero-order valence-electron chi connectivity index (χ0n) is 10.8. The Labute approximate surface area is 118 Å². The van der Waals surface area contributed by atoms with Crippen LogP contribution in [0.15, 0.2) is 6.33 Å². The summed E-state index contributed by atoms with van der Waals surface area (Å²) in [6.45, 7) is 3.15. The molecule has 1 aliphatic heterocycles. The van der Waals surface area contributed by atoms with Crippen LogP contribution in [0.25, 0.3) is 0 Å². The number of aromatic nitrogens is 2. The molecule has 0 aliphatic carbocycles. The SMILES string of the molecule is CCCc1c(Cl)ncnc1NCC1CCSCC1. The Morgan fingerprint density at radius 1 is 1.39 bits per heavy atom. The predicted octanol–water partition coefficient (Wildman–Crippen LogP) is 3.64. The molecule has 1 aromatic heterocycles. The van der Waals surface area contributed by atoms with Gasteiger partial charge >= 0.3 is 0 Å². The quantitative estimate of drug-likeness (QED) is 0.838. The third kappa shape index (κ3) is 3.75. The second-order valence-electron chi connectivity index (χ2n) is 4.68. The van der Waals surface area contributed by atoms with E-state index in [-0.39, 0.29) is 0 Å². The highest BCUT2D eigenvalue weighted by molar-refractivity contribution is 7.99. The standard InChI is InChI=1S/C13H20ClN3S/c1-2-3-11-12(14)16-9-17-13(11)15-8-10-4-6-18-7-5-10/h9-10H,2-8H2,1H3,(H,15,16,17). The van der Waals surface area contributed by atoms with Gasteiger partial charge in [-0.2, -0.15) is 11.8 Å². The first-order valence-corrected chi connectivity index (χ1v) is 8.15. The molecule has 3 nitrogen and oxygen atoms in total. The lowest BCUT2D eigenvalue weighted by Crippen LogP contribution is -2.20. The maximum atomic E-state index is 6.14. The number of anilines is 1. The van der Waals surface area contributed by atoms with Gasteiger partial charge in [0.1, 0.15) is 17.3 Å². The average Bonchev–Trinajstić information content (AvgIpc) is 2.41. The van der Waals surface area contributed by atoms with Gasteiger partial charge in [0.2, 0.25) is 0 Å². The van der Waals surface area contributed by atoms with E-state index in [0.717, 1.165) is 36.7 Å². The minimum Gasteiger partial charge on any atom is -0.369 e. The molecule has 0 atom stereocenters. The van der Waals surface area contributed by atoms with Crippen molar-refractivity contribution < 1.29 is 0 Å². The summed E-state index contributed by atoms with van der Waals surface area (Å²) >= 11 is 8.19. The highest BCUT2D eigenvalue weighted by Gasteiger charge is 2.15. The van der Waals surface area contributed by atoms with Crippen molar-refractivity contribution in [2.75, 3.05) is 23.4 Å². The van der Waals surface area contributed by atoms with Crippen LogP contribution < -0.4 is 5.32 Å². The zero-order chi connectivity index (χ0) is 12.8. The van der Waals surface area contributed by atoms with Crippen molar-refractivity contribution in [1.82, 2.24) is 9.97 Å². The maximum Gasteiger partial charge on any atom is 0.137 e. The number of hydrogen-bond donors (Lipinski definition) is 1. The Bertz CT molecular complexity index is 380. The molecule has 1 aliphatic rings. The molecule has 0 bridgehead atoms. The minimum absolute atomic E-state index is 0.591.